The van der Waals surface area contributed by atoms with Crippen LogP contribution in [0.5, 0.6) is 0 Å². The minimum absolute atomic E-state index is 0.00174. The molecule has 0 saturated carbocycles. The summed E-state index contributed by atoms with van der Waals surface area (Å²) < 4.78 is 5.18. The van der Waals surface area contributed by atoms with Crippen molar-refractivity contribution in [3.8, 4) is 11.6 Å². The van der Waals surface area contributed by atoms with Gasteiger partial charge in [0.25, 0.3) is 5.91 Å². The smallest absolute Gasteiger partial charge is 0.274 e. The summed E-state index contributed by atoms with van der Waals surface area (Å²) in [6.45, 7) is 3.83. The second kappa shape index (κ2) is 6.44. The van der Waals surface area contributed by atoms with E-state index in [1.165, 1.54) is 12.5 Å². The number of rotatable bonds is 5. The van der Waals surface area contributed by atoms with Gasteiger partial charge in [-0.05, 0) is 6.92 Å². The van der Waals surface area contributed by atoms with Crippen LogP contribution in [0.4, 0.5) is 5.82 Å². The number of carbonyl (C=O) groups excluding carboxylic acids is 1. The fourth-order valence-electron chi connectivity index (χ4n) is 2.06. The van der Waals surface area contributed by atoms with E-state index in [-0.39, 0.29) is 18.1 Å². The maximum Gasteiger partial charge on any atom is 0.274 e. The second-order valence-corrected chi connectivity index (χ2v) is 4.96. The third-order valence-corrected chi connectivity index (χ3v) is 3.26. The molecular weight excluding hydrogens is 312 g/mol. The molecule has 3 aromatic rings. The van der Waals surface area contributed by atoms with Crippen LogP contribution in [-0.4, -0.2) is 36.0 Å². The first kappa shape index (κ1) is 15.6. The van der Waals surface area contributed by atoms with Crippen molar-refractivity contribution >= 4 is 11.7 Å². The van der Waals surface area contributed by atoms with Crippen LogP contribution in [0, 0.1) is 6.92 Å². The van der Waals surface area contributed by atoms with E-state index in [4.69, 9.17) is 10.2 Å². The van der Waals surface area contributed by atoms with Gasteiger partial charge in [0, 0.05) is 6.42 Å². The van der Waals surface area contributed by atoms with Gasteiger partial charge >= 0.3 is 0 Å². The lowest BCUT2D eigenvalue weighted by molar-refractivity contribution is 0.0945. The Balaban J connectivity index is 1.76. The van der Waals surface area contributed by atoms with E-state index in [1.54, 1.807) is 6.92 Å². The average molecular weight is 328 g/mol. The normalized spacial score (nSPS) is 10.8. The van der Waals surface area contributed by atoms with E-state index in [9.17, 15) is 4.79 Å². The molecule has 10 nitrogen and oxygen atoms in total. The highest BCUT2D eigenvalue weighted by Gasteiger charge is 2.18. The van der Waals surface area contributed by atoms with Crippen LogP contribution in [0.1, 0.15) is 34.8 Å². The average Bonchev–Trinajstić information content (AvgIpc) is 3.25. The zero-order valence-corrected chi connectivity index (χ0v) is 13.2. The number of anilines is 1. The van der Waals surface area contributed by atoms with E-state index in [2.05, 4.69) is 35.5 Å². The van der Waals surface area contributed by atoms with Crippen molar-refractivity contribution in [3.05, 3.63) is 35.5 Å². The van der Waals surface area contributed by atoms with E-state index < -0.39 is 5.91 Å². The molecule has 1 amide bonds. The van der Waals surface area contributed by atoms with E-state index in [0.717, 1.165) is 0 Å². The highest BCUT2D eigenvalue weighted by atomic mass is 16.3. The molecule has 3 aromatic heterocycles. The van der Waals surface area contributed by atoms with Gasteiger partial charge in [-0.15, -0.1) is 0 Å². The summed E-state index contributed by atoms with van der Waals surface area (Å²) in [4.78, 5) is 28.9. The number of hydrogen-bond donors (Lipinski definition) is 3. The van der Waals surface area contributed by atoms with Crippen LogP contribution in [0.3, 0.4) is 0 Å². The zero-order valence-electron chi connectivity index (χ0n) is 13.2. The number of aryl methyl sites for hydroxylation is 2. The number of nitrogens with one attached hydrogen (secondary N) is 2. The van der Waals surface area contributed by atoms with Crippen molar-refractivity contribution in [2.45, 2.75) is 26.8 Å². The summed E-state index contributed by atoms with van der Waals surface area (Å²) in [6.07, 6.45) is 3.63. The Morgan fingerprint density at radius 3 is 2.88 bits per heavy atom. The van der Waals surface area contributed by atoms with Crippen LogP contribution >= 0.6 is 0 Å². The maximum absolute atomic E-state index is 12.3. The number of nitrogens with two attached hydrogens (primary N) is 1. The molecule has 0 aliphatic rings. The standard InChI is InChI=1S/C14H16N8O2/c1-3-8-19-9(22-21-8)6-17-13(23)11-12(15)20-10(7(2)18-11)14-16-4-5-24-14/h4-5H,3,6H2,1-2H3,(H2,15,20)(H,17,23)(H,19,21,22). The van der Waals surface area contributed by atoms with Gasteiger partial charge in [-0.2, -0.15) is 5.10 Å². The van der Waals surface area contributed by atoms with Crippen molar-refractivity contribution in [2.24, 2.45) is 0 Å². The Bertz CT molecular complexity index is 856. The van der Waals surface area contributed by atoms with Crippen LogP contribution in [0.2, 0.25) is 0 Å². The molecule has 3 heterocycles. The van der Waals surface area contributed by atoms with Crippen molar-refractivity contribution in [1.29, 1.82) is 0 Å². The molecule has 0 aromatic carbocycles. The molecule has 124 valence electrons. The van der Waals surface area contributed by atoms with E-state index in [1.807, 2.05) is 6.92 Å². The Kier molecular flexibility index (Phi) is 4.18. The Morgan fingerprint density at radius 2 is 2.21 bits per heavy atom. The minimum atomic E-state index is -0.448. The number of oxazole rings is 1. The summed E-state index contributed by atoms with van der Waals surface area (Å²) in [5.74, 6) is 1.09. The molecule has 0 radical (unpaired) electrons. The lowest BCUT2D eigenvalue weighted by Crippen LogP contribution is -2.26. The number of aromatic nitrogens is 6. The van der Waals surface area contributed by atoms with Crippen LogP contribution in [-0.2, 0) is 13.0 Å². The lowest BCUT2D eigenvalue weighted by atomic mass is 10.2. The topological polar surface area (TPSA) is 148 Å². The molecule has 0 spiro atoms. The molecule has 0 unspecified atom stereocenters. The molecule has 10 heteroatoms. The molecule has 0 saturated heterocycles. The number of nitrogens with zero attached hydrogens (tertiary/aromatic N) is 5. The third-order valence-electron chi connectivity index (χ3n) is 3.26. The van der Waals surface area contributed by atoms with Gasteiger partial charge < -0.3 is 15.5 Å². The third kappa shape index (κ3) is 3.07. The molecule has 3 rings (SSSR count). The summed E-state index contributed by atoms with van der Waals surface area (Å²) in [5.41, 5.74) is 6.78. The van der Waals surface area contributed by atoms with Gasteiger partial charge in [-0.1, -0.05) is 6.92 Å². The van der Waals surface area contributed by atoms with Gasteiger partial charge in [0.1, 0.15) is 17.8 Å². The minimum Gasteiger partial charge on any atom is -0.443 e. The fraction of sp³-hybridized carbons (Fsp3) is 0.286. The number of nitrogen functional groups attached to an aromatic ring is 1. The number of aromatic amines is 1. The first-order valence-electron chi connectivity index (χ1n) is 7.30. The van der Waals surface area contributed by atoms with Crippen LogP contribution < -0.4 is 11.1 Å². The van der Waals surface area contributed by atoms with Crippen molar-refractivity contribution < 1.29 is 9.21 Å². The van der Waals surface area contributed by atoms with E-state index >= 15 is 0 Å². The molecular formula is C14H16N8O2. The van der Waals surface area contributed by atoms with Crippen LogP contribution in [0.15, 0.2) is 16.9 Å². The summed E-state index contributed by atoms with van der Waals surface area (Å²) >= 11 is 0. The fourth-order valence-corrected chi connectivity index (χ4v) is 2.06. The van der Waals surface area contributed by atoms with Gasteiger partial charge in [-0.3, -0.25) is 9.89 Å². The lowest BCUT2D eigenvalue weighted by Gasteiger charge is -2.08. The number of H-pyrrole nitrogens is 1. The molecule has 0 aliphatic heterocycles. The monoisotopic (exact) mass is 328 g/mol. The Labute approximate surface area is 136 Å². The largest absolute Gasteiger partial charge is 0.443 e. The van der Waals surface area contributed by atoms with Crippen molar-refractivity contribution in [2.75, 3.05) is 5.73 Å². The summed E-state index contributed by atoms with van der Waals surface area (Å²) in [6, 6.07) is 0. The SMILES string of the molecule is CCc1n[nH]c(CNC(=O)c2nc(C)c(-c3ncco3)nc2N)n1. The van der Waals surface area contributed by atoms with E-state index in [0.29, 0.717) is 35.3 Å². The summed E-state index contributed by atoms with van der Waals surface area (Å²) in [7, 11) is 0. The Hall–Kier alpha value is -3.30. The number of hydrogen-bond acceptors (Lipinski definition) is 8. The first-order valence-corrected chi connectivity index (χ1v) is 7.30. The Morgan fingerprint density at radius 1 is 1.38 bits per heavy atom. The molecule has 4 N–H and O–H groups in total. The highest BCUT2D eigenvalue weighted by molar-refractivity contribution is 5.96. The van der Waals surface area contributed by atoms with Crippen LogP contribution in [0.25, 0.3) is 11.6 Å². The predicted molar refractivity (Wildman–Crippen MR) is 83.6 cm³/mol. The van der Waals surface area contributed by atoms with Gasteiger partial charge in [0.05, 0.1) is 18.4 Å². The quantitative estimate of drug-likeness (QED) is 0.617. The maximum atomic E-state index is 12.3. The molecule has 0 atom stereocenters. The zero-order chi connectivity index (χ0) is 17.1. The van der Waals surface area contributed by atoms with Gasteiger partial charge in [-0.25, -0.2) is 19.9 Å². The second-order valence-electron chi connectivity index (χ2n) is 4.96. The number of carbonyl (C=O) groups is 1. The van der Waals surface area contributed by atoms with Gasteiger partial charge in [0.2, 0.25) is 5.89 Å². The van der Waals surface area contributed by atoms with Crippen molar-refractivity contribution in [1.82, 2.24) is 35.5 Å². The molecule has 0 bridgehead atoms. The number of amides is 1. The van der Waals surface area contributed by atoms with Crippen molar-refractivity contribution in [3.63, 3.8) is 0 Å². The predicted octanol–water partition coefficient (Wildman–Crippen LogP) is 0.633. The molecule has 24 heavy (non-hydrogen) atoms. The molecule has 0 aliphatic carbocycles. The highest BCUT2D eigenvalue weighted by Crippen LogP contribution is 2.20. The van der Waals surface area contributed by atoms with Gasteiger partial charge in [0.15, 0.2) is 17.3 Å². The summed E-state index contributed by atoms with van der Waals surface area (Å²) in [5, 5.41) is 9.43. The first-order chi connectivity index (χ1) is 11.6. The molecule has 0 fully saturated rings.